The summed E-state index contributed by atoms with van der Waals surface area (Å²) in [7, 11) is 0. The van der Waals surface area contributed by atoms with Gasteiger partial charge < -0.3 is 10.6 Å². The summed E-state index contributed by atoms with van der Waals surface area (Å²) < 4.78 is 0. The molecule has 0 atom stereocenters. The largest absolute Gasteiger partial charge is 0.364 e. The van der Waals surface area contributed by atoms with Crippen molar-refractivity contribution >= 4 is 22.7 Å². The summed E-state index contributed by atoms with van der Waals surface area (Å²) in [5, 5.41) is 8.09. The molecule has 1 fully saturated rings. The molecule has 0 bridgehead atoms. The number of nitrogens with one attached hydrogen (secondary N) is 2. The van der Waals surface area contributed by atoms with Crippen molar-refractivity contribution in [1.82, 2.24) is 9.97 Å². The van der Waals surface area contributed by atoms with E-state index in [9.17, 15) is 0 Å². The predicted octanol–water partition coefficient (Wildman–Crippen LogP) is 4.20. The normalized spacial score (nSPS) is 17.0. The van der Waals surface area contributed by atoms with Crippen LogP contribution in [0.1, 0.15) is 46.0 Å². The van der Waals surface area contributed by atoms with E-state index in [0.717, 1.165) is 35.6 Å². The predicted molar refractivity (Wildman–Crippen MR) is 88.8 cm³/mol. The molecule has 0 spiro atoms. The van der Waals surface area contributed by atoms with E-state index < -0.39 is 0 Å². The van der Waals surface area contributed by atoms with Gasteiger partial charge in [0.2, 0.25) is 5.95 Å². The molecule has 2 N–H and O–H groups in total. The molecule has 2 aromatic rings. The number of hydrogen-bond acceptors (Lipinski definition) is 4. The van der Waals surface area contributed by atoms with Gasteiger partial charge in [-0.15, -0.1) is 0 Å². The van der Waals surface area contributed by atoms with E-state index >= 15 is 0 Å². The number of anilines is 2. The molecule has 1 saturated carbocycles. The van der Waals surface area contributed by atoms with Crippen molar-refractivity contribution in [1.29, 1.82) is 0 Å². The highest BCUT2D eigenvalue weighted by Gasteiger charge is 2.29. The fraction of sp³-hybridized carbons (Fsp3) is 0.529. The van der Waals surface area contributed by atoms with Crippen LogP contribution in [0.2, 0.25) is 0 Å². The van der Waals surface area contributed by atoms with Gasteiger partial charge in [0.05, 0.1) is 5.52 Å². The van der Waals surface area contributed by atoms with Gasteiger partial charge in [0.15, 0.2) is 0 Å². The van der Waals surface area contributed by atoms with Gasteiger partial charge in [0, 0.05) is 17.5 Å². The summed E-state index contributed by atoms with van der Waals surface area (Å²) in [5.74, 6) is 1.68. The molecule has 1 aromatic heterocycles. The summed E-state index contributed by atoms with van der Waals surface area (Å²) in [4.78, 5) is 9.32. The summed E-state index contributed by atoms with van der Waals surface area (Å²) in [5.41, 5.74) is 1.16. The van der Waals surface area contributed by atoms with Crippen LogP contribution < -0.4 is 10.6 Å². The second-order valence-corrected chi connectivity index (χ2v) is 6.23. The first-order valence-corrected chi connectivity index (χ1v) is 7.99. The summed E-state index contributed by atoms with van der Waals surface area (Å²) in [6.45, 7) is 5.35. The van der Waals surface area contributed by atoms with Crippen LogP contribution in [0.3, 0.4) is 0 Å². The average molecular weight is 284 g/mol. The zero-order valence-corrected chi connectivity index (χ0v) is 12.9. The molecular weight excluding hydrogens is 260 g/mol. The molecule has 0 saturated heterocycles. The zero-order valence-electron chi connectivity index (χ0n) is 12.9. The van der Waals surface area contributed by atoms with E-state index in [1.165, 1.54) is 25.7 Å². The minimum Gasteiger partial charge on any atom is -0.364 e. The minimum absolute atomic E-state index is 0.166. The maximum Gasteiger partial charge on any atom is 0.225 e. The minimum atomic E-state index is 0.166. The van der Waals surface area contributed by atoms with Gasteiger partial charge in [-0.3, -0.25) is 0 Å². The Morgan fingerprint density at radius 1 is 1.14 bits per heavy atom. The Balaban J connectivity index is 1.97. The summed E-state index contributed by atoms with van der Waals surface area (Å²) in [6, 6.07) is 8.23. The van der Waals surface area contributed by atoms with Crippen molar-refractivity contribution in [2.45, 2.75) is 51.5 Å². The van der Waals surface area contributed by atoms with Crippen molar-refractivity contribution in [2.75, 3.05) is 17.2 Å². The molecular formula is C17H24N4. The number of para-hydroxylation sites is 1. The highest BCUT2D eigenvalue weighted by molar-refractivity contribution is 5.90. The van der Waals surface area contributed by atoms with E-state index in [1.54, 1.807) is 0 Å². The van der Waals surface area contributed by atoms with E-state index in [-0.39, 0.29) is 5.54 Å². The van der Waals surface area contributed by atoms with Gasteiger partial charge in [0.1, 0.15) is 5.82 Å². The number of aromatic nitrogens is 2. The van der Waals surface area contributed by atoms with Gasteiger partial charge >= 0.3 is 0 Å². The monoisotopic (exact) mass is 284 g/mol. The molecule has 4 nitrogen and oxygen atoms in total. The summed E-state index contributed by atoms with van der Waals surface area (Å²) >= 11 is 0. The third-order valence-corrected chi connectivity index (χ3v) is 4.26. The van der Waals surface area contributed by atoms with Gasteiger partial charge in [-0.05, 0) is 38.3 Å². The van der Waals surface area contributed by atoms with Crippen molar-refractivity contribution in [3.8, 4) is 0 Å². The number of fused-ring (bicyclic) bond motifs is 1. The Bertz CT molecular complexity index is 617. The van der Waals surface area contributed by atoms with Crippen LogP contribution in [0.5, 0.6) is 0 Å². The highest BCUT2D eigenvalue weighted by atomic mass is 15.2. The lowest BCUT2D eigenvalue weighted by Crippen LogP contribution is -2.31. The first kappa shape index (κ1) is 14.1. The topological polar surface area (TPSA) is 49.8 Å². The van der Waals surface area contributed by atoms with Crippen molar-refractivity contribution < 1.29 is 0 Å². The van der Waals surface area contributed by atoms with Gasteiger partial charge in [-0.25, -0.2) is 4.98 Å². The van der Waals surface area contributed by atoms with Gasteiger partial charge in [-0.2, -0.15) is 4.98 Å². The van der Waals surface area contributed by atoms with Crippen LogP contribution >= 0.6 is 0 Å². The second-order valence-electron chi connectivity index (χ2n) is 6.23. The second kappa shape index (κ2) is 5.88. The number of rotatable bonds is 5. The third kappa shape index (κ3) is 3.09. The van der Waals surface area contributed by atoms with Crippen LogP contribution in [0.4, 0.5) is 11.8 Å². The molecule has 1 heterocycles. The van der Waals surface area contributed by atoms with E-state index in [4.69, 9.17) is 4.98 Å². The Labute approximate surface area is 126 Å². The molecule has 21 heavy (non-hydrogen) atoms. The van der Waals surface area contributed by atoms with Crippen molar-refractivity contribution in [3.63, 3.8) is 0 Å². The third-order valence-electron chi connectivity index (χ3n) is 4.26. The molecule has 3 rings (SSSR count). The number of nitrogens with zero attached hydrogens (tertiary/aromatic N) is 2. The van der Waals surface area contributed by atoms with Crippen molar-refractivity contribution in [2.24, 2.45) is 0 Å². The lowest BCUT2D eigenvalue weighted by atomic mass is 10.0. The molecule has 0 aliphatic heterocycles. The van der Waals surface area contributed by atoms with Crippen LogP contribution in [0.15, 0.2) is 24.3 Å². The lowest BCUT2D eigenvalue weighted by molar-refractivity contribution is 0.532. The Hall–Kier alpha value is -1.84. The van der Waals surface area contributed by atoms with Crippen LogP contribution in [0.25, 0.3) is 10.9 Å². The SMILES string of the molecule is CCCNc1nc(NC2(C)CCCC2)c2ccccc2n1. The lowest BCUT2D eigenvalue weighted by Gasteiger charge is -2.27. The molecule has 0 radical (unpaired) electrons. The van der Waals surface area contributed by atoms with Crippen LogP contribution in [0, 0.1) is 0 Å². The first-order valence-electron chi connectivity index (χ1n) is 7.99. The fourth-order valence-corrected chi connectivity index (χ4v) is 3.05. The first-order chi connectivity index (χ1) is 10.2. The Kier molecular flexibility index (Phi) is 3.95. The number of hydrogen-bond donors (Lipinski definition) is 2. The van der Waals surface area contributed by atoms with Crippen LogP contribution in [-0.4, -0.2) is 22.1 Å². The smallest absolute Gasteiger partial charge is 0.225 e. The standard InChI is InChI=1S/C17H24N4/c1-3-12-18-16-19-14-9-5-4-8-13(14)15(20-16)21-17(2)10-6-7-11-17/h4-5,8-9H,3,6-7,10-12H2,1-2H3,(H2,18,19,20,21). The highest BCUT2D eigenvalue weighted by Crippen LogP contribution is 2.34. The zero-order chi connectivity index (χ0) is 14.7. The molecule has 1 aliphatic rings. The average Bonchev–Trinajstić information content (AvgIpc) is 2.91. The Morgan fingerprint density at radius 3 is 2.67 bits per heavy atom. The van der Waals surface area contributed by atoms with E-state index in [0.29, 0.717) is 0 Å². The van der Waals surface area contributed by atoms with Crippen molar-refractivity contribution in [3.05, 3.63) is 24.3 Å². The fourth-order valence-electron chi connectivity index (χ4n) is 3.05. The van der Waals surface area contributed by atoms with Gasteiger partial charge in [0.25, 0.3) is 0 Å². The molecule has 4 heteroatoms. The van der Waals surface area contributed by atoms with E-state index in [1.807, 2.05) is 12.1 Å². The maximum atomic E-state index is 4.71. The molecule has 1 aromatic carbocycles. The molecule has 0 amide bonds. The molecule has 0 unspecified atom stereocenters. The maximum absolute atomic E-state index is 4.71. The number of benzene rings is 1. The van der Waals surface area contributed by atoms with Gasteiger partial charge in [-0.1, -0.05) is 31.9 Å². The molecule has 1 aliphatic carbocycles. The molecule has 112 valence electrons. The van der Waals surface area contributed by atoms with E-state index in [2.05, 4.69) is 41.6 Å². The van der Waals surface area contributed by atoms with Crippen LogP contribution in [-0.2, 0) is 0 Å². The Morgan fingerprint density at radius 2 is 1.90 bits per heavy atom. The summed E-state index contributed by atoms with van der Waals surface area (Å²) in [6.07, 6.45) is 6.09. The quantitative estimate of drug-likeness (QED) is 0.864.